The standard InChI is InChI=1S/C31H44N8O3/c1-23-10-12-25(13-11-23)22-35-30-37-29(34-21-24-6-3-2-4-7-24)38-31(39-30)36-27-9-5-8-26(20-27)28(40)33-15-17-42-19-18-41-16-14-32/h5,8-13,20,24H,2-4,6-7,14-19,21-22,32H2,1H3,(H,33,40)(H3,34,35,36,37,38,39). The van der Waals surface area contributed by atoms with Gasteiger partial charge in [0.2, 0.25) is 17.8 Å². The Labute approximate surface area is 248 Å². The van der Waals surface area contributed by atoms with E-state index in [1.165, 1.54) is 37.7 Å². The second-order valence-corrected chi connectivity index (χ2v) is 10.5. The van der Waals surface area contributed by atoms with Crippen molar-refractivity contribution >= 4 is 29.4 Å². The maximum atomic E-state index is 12.7. The van der Waals surface area contributed by atoms with Gasteiger partial charge in [-0.05, 0) is 49.4 Å². The van der Waals surface area contributed by atoms with E-state index in [1.807, 2.05) is 12.1 Å². The Kier molecular flexibility index (Phi) is 12.8. The highest BCUT2D eigenvalue weighted by molar-refractivity contribution is 5.95. The number of amides is 1. The number of carbonyl (C=O) groups excluding carboxylic acids is 1. The third-order valence-electron chi connectivity index (χ3n) is 7.03. The number of rotatable bonds is 17. The van der Waals surface area contributed by atoms with Crippen LogP contribution in [0.25, 0.3) is 0 Å². The van der Waals surface area contributed by atoms with Crippen molar-refractivity contribution in [2.45, 2.75) is 45.6 Å². The molecule has 1 heterocycles. The number of benzene rings is 2. The number of hydrogen-bond donors (Lipinski definition) is 5. The highest BCUT2D eigenvalue weighted by Gasteiger charge is 2.15. The quantitative estimate of drug-likeness (QED) is 0.148. The molecule has 226 valence electrons. The first-order valence-electron chi connectivity index (χ1n) is 14.9. The lowest BCUT2D eigenvalue weighted by Crippen LogP contribution is -2.27. The van der Waals surface area contributed by atoms with Crippen LogP contribution in [-0.4, -0.2) is 66.9 Å². The van der Waals surface area contributed by atoms with Crippen molar-refractivity contribution in [3.63, 3.8) is 0 Å². The van der Waals surface area contributed by atoms with Crippen molar-refractivity contribution in [3.05, 3.63) is 65.2 Å². The average molecular weight is 577 g/mol. The summed E-state index contributed by atoms with van der Waals surface area (Å²) in [7, 11) is 0. The summed E-state index contributed by atoms with van der Waals surface area (Å²) >= 11 is 0. The Morgan fingerprint density at radius 3 is 2.36 bits per heavy atom. The Morgan fingerprint density at radius 1 is 0.881 bits per heavy atom. The summed E-state index contributed by atoms with van der Waals surface area (Å²) in [6.07, 6.45) is 6.33. The maximum Gasteiger partial charge on any atom is 0.251 e. The number of nitrogens with two attached hydrogens (primary N) is 1. The summed E-state index contributed by atoms with van der Waals surface area (Å²) in [6, 6.07) is 15.6. The first kappa shape index (κ1) is 31.1. The number of aromatic nitrogens is 3. The monoisotopic (exact) mass is 576 g/mol. The van der Waals surface area contributed by atoms with Crippen LogP contribution in [0.5, 0.6) is 0 Å². The second-order valence-electron chi connectivity index (χ2n) is 10.5. The van der Waals surface area contributed by atoms with Gasteiger partial charge in [0.05, 0.1) is 26.4 Å². The van der Waals surface area contributed by atoms with Crippen LogP contribution < -0.4 is 27.0 Å². The van der Waals surface area contributed by atoms with Crippen LogP contribution >= 0.6 is 0 Å². The zero-order chi connectivity index (χ0) is 29.4. The van der Waals surface area contributed by atoms with Gasteiger partial charge < -0.3 is 36.5 Å². The predicted octanol–water partition coefficient (Wildman–Crippen LogP) is 4.25. The molecule has 3 aromatic rings. The molecule has 1 aliphatic carbocycles. The van der Waals surface area contributed by atoms with Crippen LogP contribution in [-0.2, 0) is 16.0 Å². The predicted molar refractivity (Wildman–Crippen MR) is 166 cm³/mol. The van der Waals surface area contributed by atoms with Gasteiger partial charge in [0, 0.05) is 37.4 Å². The van der Waals surface area contributed by atoms with Gasteiger partial charge in [0.15, 0.2) is 0 Å². The van der Waals surface area contributed by atoms with Gasteiger partial charge in [-0.3, -0.25) is 4.79 Å². The Hall–Kier alpha value is -3.80. The van der Waals surface area contributed by atoms with Crippen LogP contribution in [0, 0.1) is 12.8 Å². The number of hydrogen-bond acceptors (Lipinski definition) is 10. The first-order chi connectivity index (χ1) is 20.6. The molecule has 1 saturated carbocycles. The Balaban J connectivity index is 1.37. The molecule has 0 atom stereocenters. The van der Waals surface area contributed by atoms with E-state index in [4.69, 9.17) is 15.2 Å². The largest absolute Gasteiger partial charge is 0.378 e. The molecule has 1 aliphatic rings. The van der Waals surface area contributed by atoms with E-state index < -0.39 is 0 Å². The average Bonchev–Trinajstić information content (AvgIpc) is 3.01. The third-order valence-corrected chi connectivity index (χ3v) is 7.03. The second kappa shape index (κ2) is 17.2. The van der Waals surface area contributed by atoms with Gasteiger partial charge in [-0.2, -0.15) is 15.0 Å². The highest BCUT2D eigenvalue weighted by Crippen LogP contribution is 2.24. The molecule has 0 saturated heterocycles. The summed E-state index contributed by atoms with van der Waals surface area (Å²) < 4.78 is 10.7. The molecule has 0 aliphatic heterocycles. The minimum Gasteiger partial charge on any atom is -0.378 e. The van der Waals surface area contributed by atoms with Gasteiger partial charge in [0.1, 0.15) is 0 Å². The molecule has 11 heteroatoms. The molecule has 0 radical (unpaired) electrons. The van der Waals surface area contributed by atoms with Gasteiger partial charge >= 0.3 is 0 Å². The third kappa shape index (κ3) is 10.9. The van der Waals surface area contributed by atoms with E-state index in [-0.39, 0.29) is 5.91 Å². The van der Waals surface area contributed by atoms with E-state index in [2.05, 4.69) is 67.4 Å². The Bertz CT molecular complexity index is 1240. The molecule has 1 aromatic heterocycles. The van der Waals surface area contributed by atoms with Gasteiger partial charge in [0.25, 0.3) is 5.91 Å². The molecule has 2 aromatic carbocycles. The molecule has 1 amide bonds. The van der Waals surface area contributed by atoms with E-state index >= 15 is 0 Å². The molecule has 0 unspecified atom stereocenters. The van der Waals surface area contributed by atoms with Crippen LogP contribution in [0.1, 0.15) is 53.6 Å². The first-order valence-corrected chi connectivity index (χ1v) is 14.9. The lowest BCUT2D eigenvalue weighted by Gasteiger charge is -2.21. The summed E-state index contributed by atoms with van der Waals surface area (Å²) in [4.78, 5) is 26.6. The zero-order valence-electron chi connectivity index (χ0n) is 24.5. The van der Waals surface area contributed by atoms with Gasteiger partial charge in [-0.25, -0.2) is 0 Å². The summed E-state index contributed by atoms with van der Waals surface area (Å²) in [5.41, 5.74) is 8.96. The van der Waals surface area contributed by atoms with Crippen molar-refractivity contribution in [2.75, 3.05) is 62.0 Å². The van der Waals surface area contributed by atoms with Crippen LogP contribution in [0.4, 0.5) is 23.5 Å². The highest BCUT2D eigenvalue weighted by atomic mass is 16.5. The molecule has 0 spiro atoms. The zero-order valence-corrected chi connectivity index (χ0v) is 24.5. The van der Waals surface area contributed by atoms with Gasteiger partial charge in [-0.1, -0.05) is 55.2 Å². The van der Waals surface area contributed by atoms with Crippen molar-refractivity contribution < 1.29 is 14.3 Å². The van der Waals surface area contributed by atoms with E-state index in [1.54, 1.807) is 12.1 Å². The topological polar surface area (TPSA) is 148 Å². The number of anilines is 4. The summed E-state index contributed by atoms with van der Waals surface area (Å²) in [6.45, 7) is 6.23. The fraction of sp³-hybridized carbons (Fsp3) is 0.484. The van der Waals surface area contributed by atoms with Crippen molar-refractivity contribution in [1.29, 1.82) is 0 Å². The molecular weight excluding hydrogens is 532 g/mol. The number of nitrogens with one attached hydrogen (secondary N) is 4. The normalized spacial score (nSPS) is 13.5. The molecule has 4 rings (SSSR count). The van der Waals surface area contributed by atoms with Crippen LogP contribution in [0.15, 0.2) is 48.5 Å². The SMILES string of the molecule is Cc1ccc(CNc2nc(NCC3CCCCC3)nc(Nc3cccc(C(=O)NCCOCCOCCN)c3)n2)cc1. The fourth-order valence-electron chi connectivity index (χ4n) is 4.72. The summed E-state index contributed by atoms with van der Waals surface area (Å²) in [5, 5.41) is 12.9. The maximum absolute atomic E-state index is 12.7. The molecule has 6 N–H and O–H groups in total. The van der Waals surface area contributed by atoms with E-state index in [9.17, 15) is 4.79 Å². The minimum absolute atomic E-state index is 0.187. The smallest absolute Gasteiger partial charge is 0.251 e. The minimum atomic E-state index is -0.187. The van der Waals surface area contributed by atoms with Crippen LogP contribution in [0.3, 0.4) is 0 Å². The number of aryl methyl sites for hydroxylation is 1. The molecule has 0 bridgehead atoms. The summed E-state index contributed by atoms with van der Waals surface area (Å²) in [5.74, 6) is 1.83. The fourth-order valence-corrected chi connectivity index (χ4v) is 4.72. The van der Waals surface area contributed by atoms with E-state index in [0.717, 1.165) is 12.1 Å². The molecule has 42 heavy (non-hydrogen) atoms. The lowest BCUT2D eigenvalue weighted by molar-refractivity contribution is 0.0511. The molecular formula is C31H44N8O3. The van der Waals surface area contributed by atoms with Crippen LogP contribution in [0.2, 0.25) is 0 Å². The number of carbonyl (C=O) groups is 1. The molecule has 11 nitrogen and oxygen atoms in total. The van der Waals surface area contributed by atoms with Gasteiger partial charge in [-0.15, -0.1) is 0 Å². The lowest BCUT2D eigenvalue weighted by atomic mass is 9.89. The van der Waals surface area contributed by atoms with Crippen molar-refractivity contribution in [1.82, 2.24) is 20.3 Å². The molecule has 1 fully saturated rings. The number of ether oxygens (including phenoxy) is 2. The number of nitrogens with zero attached hydrogens (tertiary/aromatic N) is 3. The Morgan fingerprint density at radius 2 is 1.60 bits per heavy atom. The van der Waals surface area contributed by atoms with E-state index in [0.29, 0.717) is 81.1 Å². The van der Waals surface area contributed by atoms with Crippen molar-refractivity contribution in [2.24, 2.45) is 11.7 Å². The van der Waals surface area contributed by atoms with Crippen molar-refractivity contribution in [3.8, 4) is 0 Å².